The highest BCUT2D eigenvalue weighted by Crippen LogP contribution is 2.25. The molecular weight excluding hydrogens is 294 g/mol. The molecule has 2 rings (SSSR count). The van der Waals surface area contributed by atoms with Crippen molar-refractivity contribution in [2.45, 2.75) is 26.2 Å². The maximum Gasteiger partial charge on any atom is 0.224 e. The van der Waals surface area contributed by atoms with Gasteiger partial charge in [0, 0.05) is 24.1 Å². The predicted octanol–water partition coefficient (Wildman–Crippen LogP) is 3.51. The summed E-state index contributed by atoms with van der Waals surface area (Å²) >= 11 is 3.47. The number of benzene rings is 1. The minimum Gasteiger partial charge on any atom is -0.381 e. The Balaban J connectivity index is 1.90. The van der Waals surface area contributed by atoms with E-state index in [2.05, 4.69) is 21.2 Å². The van der Waals surface area contributed by atoms with Crippen molar-refractivity contribution in [3.63, 3.8) is 0 Å². The van der Waals surface area contributed by atoms with Gasteiger partial charge in [-0.25, -0.2) is 0 Å². The van der Waals surface area contributed by atoms with Crippen molar-refractivity contribution in [2.24, 2.45) is 5.92 Å². The molecule has 1 heterocycles. The van der Waals surface area contributed by atoms with Crippen LogP contribution in [0, 0.1) is 12.8 Å². The Morgan fingerprint density at radius 2 is 2.17 bits per heavy atom. The van der Waals surface area contributed by atoms with E-state index in [-0.39, 0.29) is 5.91 Å². The van der Waals surface area contributed by atoms with Crippen LogP contribution in [0.5, 0.6) is 0 Å². The lowest BCUT2D eigenvalue weighted by Crippen LogP contribution is -2.22. The van der Waals surface area contributed by atoms with E-state index < -0.39 is 0 Å². The number of carbonyl (C=O) groups excluding carboxylic acids is 1. The smallest absolute Gasteiger partial charge is 0.224 e. The lowest BCUT2D eigenvalue weighted by atomic mass is 9.96. The summed E-state index contributed by atoms with van der Waals surface area (Å²) in [5.74, 6) is 0.550. The van der Waals surface area contributed by atoms with Gasteiger partial charge in [-0.1, -0.05) is 6.07 Å². The zero-order valence-corrected chi connectivity index (χ0v) is 12.1. The first-order valence-electron chi connectivity index (χ1n) is 6.29. The molecule has 1 aliphatic rings. The Hall–Kier alpha value is -0.870. The number of aryl methyl sites for hydroxylation is 1. The van der Waals surface area contributed by atoms with Gasteiger partial charge in [-0.05, 0) is 59.3 Å². The van der Waals surface area contributed by atoms with Crippen LogP contribution in [-0.4, -0.2) is 19.1 Å². The molecule has 18 heavy (non-hydrogen) atoms. The summed E-state index contributed by atoms with van der Waals surface area (Å²) in [7, 11) is 0. The molecule has 1 aliphatic heterocycles. The summed E-state index contributed by atoms with van der Waals surface area (Å²) < 4.78 is 6.23. The number of halogens is 1. The summed E-state index contributed by atoms with van der Waals surface area (Å²) in [6, 6.07) is 5.93. The Morgan fingerprint density at radius 1 is 1.44 bits per heavy atom. The molecule has 1 saturated heterocycles. The quantitative estimate of drug-likeness (QED) is 0.927. The normalized spacial score (nSPS) is 16.6. The zero-order valence-electron chi connectivity index (χ0n) is 10.5. The second kappa shape index (κ2) is 6.34. The Kier molecular flexibility index (Phi) is 4.78. The molecule has 0 bridgehead atoms. The van der Waals surface area contributed by atoms with Crippen LogP contribution in [-0.2, 0) is 9.53 Å². The highest BCUT2D eigenvalue weighted by molar-refractivity contribution is 9.10. The molecule has 1 aromatic rings. The summed E-state index contributed by atoms with van der Waals surface area (Å²) in [6.07, 6.45) is 2.56. The van der Waals surface area contributed by atoms with Crippen molar-refractivity contribution >= 4 is 27.5 Å². The van der Waals surface area contributed by atoms with E-state index in [0.29, 0.717) is 12.3 Å². The fraction of sp³-hybridized carbons (Fsp3) is 0.500. The number of hydrogen-bond donors (Lipinski definition) is 1. The van der Waals surface area contributed by atoms with Gasteiger partial charge in [0.1, 0.15) is 0 Å². The van der Waals surface area contributed by atoms with Gasteiger partial charge in [0.15, 0.2) is 0 Å². The van der Waals surface area contributed by atoms with Crippen LogP contribution in [0.1, 0.15) is 24.8 Å². The van der Waals surface area contributed by atoms with Crippen LogP contribution in [0.2, 0.25) is 0 Å². The van der Waals surface area contributed by atoms with E-state index in [4.69, 9.17) is 4.74 Å². The van der Waals surface area contributed by atoms with E-state index >= 15 is 0 Å². The van der Waals surface area contributed by atoms with E-state index in [1.54, 1.807) is 0 Å². The number of carbonyl (C=O) groups is 1. The Bertz CT molecular complexity index is 428. The van der Waals surface area contributed by atoms with Gasteiger partial charge in [0.25, 0.3) is 0 Å². The van der Waals surface area contributed by atoms with Gasteiger partial charge < -0.3 is 10.1 Å². The van der Waals surface area contributed by atoms with Crippen LogP contribution < -0.4 is 5.32 Å². The third-order valence-corrected chi connectivity index (χ3v) is 3.87. The first-order chi connectivity index (χ1) is 8.65. The average molecular weight is 312 g/mol. The second-order valence-electron chi connectivity index (χ2n) is 4.79. The fourth-order valence-corrected chi connectivity index (χ4v) is 2.73. The fourth-order valence-electron chi connectivity index (χ4n) is 2.14. The lowest BCUT2D eigenvalue weighted by molar-refractivity contribution is -0.117. The van der Waals surface area contributed by atoms with E-state index in [1.165, 1.54) is 5.56 Å². The number of amides is 1. The Morgan fingerprint density at radius 3 is 2.83 bits per heavy atom. The van der Waals surface area contributed by atoms with E-state index in [9.17, 15) is 4.79 Å². The number of nitrogens with one attached hydrogen (secondary N) is 1. The van der Waals surface area contributed by atoms with Gasteiger partial charge in [0.05, 0.1) is 5.69 Å². The second-order valence-corrected chi connectivity index (χ2v) is 5.65. The molecule has 98 valence electrons. The van der Waals surface area contributed by atoms with E-state index in [0.717, 1.165) is 36.2 Å². The van der Waals surface area contributed by atoms with Gasteiger partial charge in [-0.2, -0.15) is 0 Å². The number of ether oxygens (including phenoxy) is 1. The van der Waals surface area contributed by atoms with Crippen LogP contribution in [0.3, 0.4) is 0 Å². The maximum atomic E-state index is 11.9. The van der Waals surface area contributed by atoms with Crippen molar-refractivity contribution < 1.29 is 9.53 Å². The molecule has 0 spiro atoms. The highest BCUT2D eigenvalue weighted by atomic mass is 79.9. The topological polar surface area (TPSA) is 38.3 Å². The monoisotopic (exact) mass is 311 g/mol. The van der Waals surface area contributed by atoms with Crippen LogP contribution in [0.15, 0.2) is 22.7 Å². The maximum absolute atomic E-state index is 11.9. The van der Waals surface area contributed by atoms with Crippen LogP contribution >= 0.6 is 15.9 Å². The number of anilines is 1. The van der Waals surface area contributed by atoms with Gasteiger partial charge in [-0.3, -0.25) is 4.79 Å². The minimum atomic E-state index is 0.0893. The molecule has 1 aromatic carbocycles. The zero-order chi connectivity index (χ0) is 13.0. The summed E-state index contributed by atoms with van der Waals surface area (Å²) in [4.78, 5) is 11.9. The van der Waals surface area contributed by atoms with Crippen molar-refractivity contribution in [1.29, 1.82) is 0 Å². The molecule has 0 unspecified atom stereocenters. The summed E-state index contributed by atoms with van der Waals surface area (Å²) in [6.45, 7) is 3.59. The first kappa shape index (κ1) is 13.6. The molecule has 1 amide bonds. The lowest BCUT2D eigenvalue weighted by Gasteiger charge is -2.21. The van der Waals surface area contributed by atoms with Gasteiger partial charge >= 0.3 is 0 Å². The highest BCUT2D eigenvalue weighted by Gasteiger charge is 2.17. The molecule has 0 atom stereocenters. The van der Waals surface area contributed by atoms with Gasteiger partial charge in [0.2, 0.25) is 5.91 Å². The third-order valence-electron chi connectivity index (χ3n) is 3.21. The Labute approximate surface area is 116 Å². The molecular formula is C14H18BrNO2. The molecule has 1 N–H and O–H groups in total. The largest absolute Gasteiger partial charge is 0.381 e. The molecule has 0 saturated carbocycles. The molecule has 0 aromatic heterocycles. The van der Waals surface area contributed by atoms with Gasteiger partial charge in [-0.15, -0.1) is 0 Å². The number of rotatable bonds is 3. The van der Waals surface area contributed by atoms with Crippen molar-refractivity contribution in [1.82, 2.24) is 0 Å². The van der Waals surface area contributed by atoms with E-state index in [1.807, 2.05) is 25.1 Å². The molecule has 3 nitrogen and oxygen atoms in total. The molecule has 0 radical (unpaired) electrons. The van der Waals surface area contributed by atoms with Crippen molar-refractivity contribution in [3.05, 3.63) is 28.2 Å². The third kappa shape index (κ3) is 3.82. The molecule has 4 heteroatoms. The predicted molar refractivity (Wildman–Crippen MR) is 75.7 cm³/mol. The standard InChI is InChI=1S/C14H18BrNO2/c1-10-2-3-13(12(15)8-10)16-14(17)9-11-4-6-18-7-5-11/h2-3,8,11H,4-7,9H2,1H3,(H,16,17). The minimum absolute atomic E-state index is 0.0893. The van der Waals surface area contributed by atoms with Crippen LogP contribution in [0.4, 0.5) is 5.69 Å². The summed E-state index contributed by atoms with van der Waals surface area (Å²) in [5, 5.41) is 2.96. The average Bonchev–Trinajstić information content (AvgIpc) is 2.34. The van der Waals surface area contributed by atoms with Crippen molar-refractivity contribution in [2.75, 3.05) is 18.5 Å². The first-order valence-corrected chi connectivity index (χ1v) is 7.08. The number of hydrogen-bond acceptors (Lipinski definition) is 2. The van der Waals surface area contributed by atoms with Crippen LogP contribution in [0.25, 0.3) is 0 Å². The van der Waals surface area contributed by atoms with Crippen molar-refractivity contribution in [3.8, 4) is 0 Å². The summed E-state index contributed by atoms with van der Waals surface area (Å²) in [5.41, 5.74) is 2.02. The SMILES string of the molecule is Cc1ccc(NC(=O)CC2CCOCC2)c(Br)c1. The molecule has 0 aliphatic carbocycles. The molecule has 1 fully saturated rings.